The number of aliphatic hydroxyl groups excluding tert-OH is 5. The molecule has 0 bridgehead atoms. The van der Waals surface area contributed by atoms with Crippen molar-refractivity contribution in [3.8, 4) is 0 Å². The molecular formula is C92H182O11. The van der Waals surface area contributed by atoms with Gasteiger partial charge in [0, 0.05) is 26.4 Å². The van der Waals surface area contributed by atoms with Crippen LogP contribution in [-0.2, 0) is 23.7 Å². The summed E-state index contributed by atoms with van der Waals surface area (Å²) in [6, 6.07) is 0. The summed E-state index contributed by atoms with van der Waals surface area (Å²) in [7, 11) is 0. The predicted octanol–water partition coefficient (Wildman–Crippen LogP) is 23.3. The van der Waals surface area contributed by atoms with E-state index >= 15 is 0 Å². The lowest BCUT2D eigenvalue weighted by molar-refractivity contribution is -0.183. The molecule has 0 aromatic heterocycles. The first-order chi connectivity index (χ1) is 49.2. The topological polar surface area (TPSA) is 168 Å². The molecule has 23 atom stereocenters. The van der Waals surface area contributed by atoms with Crippen LogP contribution in [0.5, 0.6) is 0 Å². The van der Waals surface area contributed by atoms with Gasteiger partial charge in [0.2, 0.25) is 0 Å². The van der Waals surface area contributed by atoms with Crippen molar-refractivity contribution in [3.63, 3.8) is 0 Å². The molecule has 2 rings (SSSR count). The largest absolute Gasteiger partial charge is 0.394 e. The van der Waals surface area contributed by atoms with E-state index in [0.29, 0.717) is 56.7 Å². The Morgan fingerprint density at radius 2 is 0.476 bits per heavy atom. The highest BCUT2D eigenvalue weighted by atomic mass is 16.6. The summed E-state index contributed by atoms with van der Waals surface area (Å²) in [4.78, 5) is 0. The zero-order valence-electron chi connectivity index (χ0n) is 71.4. The minimum absolute atomic E-state index is 0.0106. The molecule has 103 heavy (non-hydrogen) atoms. The van der Waals surface area contributed by atoms with Gasteiger partial charge in [-0.2, -0.15) is 0 Å². The first-order valence-electron chi connectivity index (χ1n) is 45.2. The van der Waals surface area contributed by atoms with Crippen LogP contribution in [0.25, 0.3) is 0 Å². The molecule has 0 radical (unpaired) electrons. The van der Waals surface area contributed by atoms with Crippen LogP contribution in [0.3, 0.4) is 0 Å². The SMILES string of the molecule is CC1CCCC(C)CCCC(C)CCC(C)CCCC(C)CCCC(C)CCCC(C)CCOC(COC2C(O)C(O)C(O)C2(O)CO)COCCC(C)CCCC(C)CCCC(C)CCCC(C)CCC(C)CCCC(C)CCCC(C)CCCC(C)CCOC(CO)COCCC(C)CCC1. The molecule has 0 spiro atoms. The fourth-order valence-corrected chi connectivity index (χ4v) is 17.2. The summed E-state index contributed by atoms with van der Waals surface area (Å²) in [6.07, 6.45) is 50.5. The van der Waals surface area contributed by atoms with Crippen LogP contribution < -0.4 is 0 Å². The molecule has 2 fully saturated rings. The lowest BCUT2D eigenvalue weighted by Gasteiger charge is -2.32. The van der Waals surface area contributed by atoms with E-state index in [1.807, 2.05) is 0 Å². The van der Waals surface area contributed by atoms with Crippen LogP contribution in [0.1, 0.15) is 393 Å². The van der Waals surface area contributed by atoms with Gasteiger partial charge in [0.25, 0.3) is 0 Å². The molecular weight excluding hydrogens is 1280 g/mol. The van der Waals surface area contributed by atoms with Gasteiger partial charge in [-0.15, -0.1) is 0 Å². The molecule has 0 aromatic rings. The van der Waals surface area contributed by atoms with Gasteiger partial charge >= 0.3 is 0 Å². The molecule has 1 aliphatic heterocycles. The monoisotopic (exact) mass is 1460 g/mol. The van der Waals surface area contributed by atoms with E-state index in [-0.39, 0.29) is 19.3 Å². The maximum absolute atomic E-state index is 11.0. The zero-order chi connectivity index (χ0) is 76.2. The van der Waals surface area contributed by atoms with Crippen LogP contribution in [0.4, 0.5) is 0 Å². The van der Waals surface area contributed by atoms with Gasteiger partial charge in [-0.05, 0) is 120 Å². The Morgan fingerprint density at radius 3 is 0.709 bits per heavy atom. The van der Waals surface area contributed by atoms with Crippen molar-refractivity contribution in [2.75, 3.05) is 59.5 Å². The van der Waals surface area contributed by atoms with Gasteiger partial charge in [0.1, 0.15) is 42.2 Å². The number of ether oxygens (including phenoxy) is 5. The van der Waals surface area contributed by atoms with Gasteiger partial charge in [0.05, 0.1) is 33.0 Å². The van der Waals surface area contributed by atoms with Crippen molar-refractivity contribution in [2.45, 2.75) is 436 Å². The summed E-state index contributed by atoms with van der Waals surface area (Å²) in [6.45, 7) is 41.7. The van der Waals surface area contributed by atoms with Crippen LogP contribution in [0.15, 0.2) is 0 Å². The first kappa shape index (κ1) is 98.6. The number of aliphatic hydroxyl groups is 6. The quantitative estimate of drug-likeness (QED) is 0.155. The van der Waals surface area contributed by atoms with Gasteiger partial charge in [0.15, 0.2) is 0 Å². The normalized spacial score (nSPS) is 38.6. The number of hydrogen-bond donors (Lipinski definition) is 6. The molecule has 6 N–H and O–H groups in total. The number of rotatable bonds is 5. The Kier molecular flexibility index (Phi) is 58.6. The summed E-state index contributed by atoms with van der Waals surface area (Å²) < 4.78 is 30.8. The standard InChI is InChI=1S/C92H182O11/c1-70-29-17-33-74(5)41-25-49-82(13)57-61-99-66-86(65-93)101-63-59-84(15)51-27-43-76(7)35-19-31-72(3)39-23-47-80(11)55-53-79(10)46-22-38-71(2)30-18-34-75(6)42-26-50-83(14)58-62-100-67-87(68-103-91-89(96)88(95)90(97)92(91,98)69-94)102-64-60-85(16)52-28-44-77(8)36-20-32-73(4)40-24-48-81(12)56-54-78(9)45-21-37-70/h70-91,93-98H,17-69H2,1-16H3. The molecule has 23 unspecified atom stereocenters. The Balaban J connectivity index is 1.85. The second kappa shape index (κ2) is 61.2. The minimum atomic E-state index is -2.18. The van der Waals surface area contributed by atoms with Gasteiger partial charge < -0.3 is 54.3 Å². The summed E-state index contributed by atoms with van der Waals surface area (Å²) in [5.41, 5.74) is -2.18. The lowest BCUT2D eigenvalue weighted by Crippen LogP contribution is -2.53. The Labute approximate surface area is 640 Å². The highest BCUT2D eigenvalue weighted by molar-refractivity contribution is 5.10. The van der Waals surface area contributed by atoms with Gasteiger partial charge in [-0.1, -0.05) is 368 Å². The average molecular weight is 1460 g/mol. The molecule has 2 aliphatic rings. The third-order valence-corrected chi connectivity index (χ3v) is 26.0. The smallest absolute Gasteiger partial charge is 0.145 e. The van der Waals surface area contributed by atoms with E-state index in [2.05, 4.69) is 111 Å². The summed E-state index contributed by atoms with van der Waals surface area (Å²) in [5, 5.41) is 62.7. The third-order valence-electron chi connectivity index (χ3n) is 26.0. The van der Waals surface area contributed by atoms with Crippen molar-refractivity contribution in [1.82, 2.24) is 0 Å². The van der Waals surface area contributed by atoms with Crippen LogP contribution in [0.2, 0.25) is 0 Å². The van der Waals surface area contributed by atoms with Crippen molar-refractivity contribution >= 4 is 0 Å². The van der Waals surface area contributed by atoms with Gasteiger partial charge in [-0.25, -0.2) is 0 Å². The maximum atomic E-state index is 11.0. The Hall–Kier alpha value is -0.440. The highest BCUT2D eigenvalue weighted by Crippen LogP contribution is 2.35. The first-order valence-corrected chi connectivity index (χ1v) is 45.2. The second-order valence-corrected chi connectivity index (χ2v) is 37.8. The van der Waals surface area contributed by atoms with Crippen LogP contribution in [-0.4, -0.2) is 132 Å². The van der Waals surface area contributed by atoms with Crippen LogP contribution in [0, 0.1) is 94.7 Å². The molecule has 1 aliphatic carbocycles. The maximum Gasteiger partial charge on any atom is 0.145 e. The van der Waals surface area contributed by atoms with E-state index in [4.69, 9.17) is 23.7 Å². The fraction of sp³-hybridized carbons (Fsp3) is 1.00. The molecule has 11 heteroatoms. The van der Waals surface area contributed by atoms with E-state index in [9.17, 15) is 30.6 Å². The third kappa shape index (κ3) is 50.2. The van der Waals surface area contributed by atoms with E-state index in [0.717, 1.165) is 110 Å². The van der Waals surface area contributed by atoms with Crippen molar-refractivity contribution < 1.29 is 54.3 Å². The van der Waals surface area contributed by atoms with Crippen molar-refractivity contribution in [2.24, 2.45) is 94.7 Å². The predicted molar refractivity (Wildman–Crippen MR) is 438 cm³/mol. The highest BCUT2D eigenvalue weighted by Gasteiger charge is 2.60. The van der Waals surface area contributed by atoms with Gasteiger partial charge in [-0.3, -0.25) is 0 Å². The lowest BCUT2D eigenvalue weighted by atomic mass is 9.88. The molecule has 11 nitrogen and oxygen atoms in total. The minimum Gasteiger partial charge on any atom is -0.394 e. The fourth-order valence-electron chi connectivity index (χ4n) is 17.2. The molecule has 1 saturated heterocycles. The Bertz CT molecular complexity index is 1880. The summed E-state index contributed by atoms with van der Waals surface area (Å²) in [5.74, 6) is 12.1. The molecule has 1 saturated carbocycles. The van der Waals surface area contributed by atoms with E-state index < -0.39 is 42.7 Å². The van der Waals surface area contributed by atoms with Crippen molar-refractivity contribution in [3.05, 3.63) is 0 Å². The van der Waals surface area contributed by atoms with Crippen molar-refractivity contribution in [1.29, 1.82) is 0 Å². The van der Waals surface area contributed by atoms with E-state index in [1.165, 1.54) is 250 Å². The molecule has 1 heterocycles. The molecule has 616 valence electrons. The summed E-state index contributed by atoms with van der Waals surface area (Å²) >= 11 is 0. The number of hydrogen-bond acceptors (Lipinski definition) is 11. The second-order valence-electron chi connectivity index (χ2n) is 37.8. The zero-order valence-corrected chi connectivity index (χ0v) is 71.4. The molecule has 0 amide bonds. The average Bonchev–Trinajstić information content (AvgIpc) is 1.62. The van der Waals surface area contributed by atoms with Crippen LogP contribution >= 0.6 is 0 Å². The Morgan fingerprint density at radius 1 is 0.272 bits per heavy atom. The van der Waals surface area contributed by atoms with E-state index in [1.54, 1.807) is 0 Å². The molecule has 0 aromatic carbocycles.